The molecule has 1 aromatic rings. The largest absolute Gasteiger partial charge is 0.454 e. The van der Waals surface area contributed by atoms with Crippen LogP contribution in [-0.2, 0) is 19.1 Å². The van der Waals surface area contributed by atoms with Crippen LogP contribution in [0.1, 0.15) is 12.8 Å². The molecule has 20 heavy (non-hydrogen) atoms. The van der Waals surface area contributed by atoms with Gasteiger partial charge in [0.05, 0.1) is 5.69 Å². The van der Waals surface area contributed by atoms with Crippen molar-refractivity contribution in [3.8, 4) is 0 Å². The fourth-order valence-corrected chi connectivity index (χ4v) is 1.93. The summed E-state index contributed by atoms with van der Waals surface area (Å²) in [6, 6.07) is 3.85. The van der Waals surface area contributed by atoms with Crippen LogP contribution in [0.4, 0.5) is 10.1 Å². The van der Waals surface area contributed by atoms with Crippen LogP contribution < -0.4 is 5.32 Å². The van der Waals surface area contributed by atoms with Crippen molar-refractivity contribution in [3.05, 3.63) is 29.0 Å². The maximum Gasteiger partial charge on any atom is 0.335 e. The van der Waals surface area contributed by atoms with Crippen LogP contribution in [0.5, 0.6) is 0 Å². The molecule has 1 saturated heterocycles. The minimum atomic E-state index is -0.656. The molecule has 0 radical (unpaired) electrons. The number of nitrogens with one attached hydrogen (secondary N) is 1. The highest BCUT2D eigenvalue weighted by Gasteiger charge is 2.25. The summed E-state index contributed by atoms with van der Waals surface area (Å²) in [5.41, 5.74) is -0.0208. The Morgan fingerprint density at radius 1 is 1.50 bits per heavy atom. The van der Waals surface area contributed by atoms with E-state index in [0.717, 1.165) is 12.5 Å². The van der Waals surface area contributed by atoms with Crippen molar-refractivity contribution < 1.29 is 23.5 Å². The number of anilines is 1. The highest BCUT2D eigenvalue weighted by Crippen LogP contribution is 2.18. The van der Waals surface area contributed by atoms with Gasteiger partial charge in [0.2, 0.25) is 0 Å². The lowest BCUT2D eigenvalue weighted by Gasteiger charge is -2.10. The molecule has 0 bridgehead atoms. The second-order valence-electron chi connectivity index (χ2n) is 4.28. The van der Waals surface area contributed by atoms with Crippen LogP contribution in [0.25, 0.3) is 0 Å². The summed E-state index contributed by atoms with van der Waals surface area (Å²) in [6.45, 7) is 0.0305. The molecule has 5 nitrogen and oxygen atoms in total. The van der Waals surface area contributed by atoms with E-state index in [9.17, 15) is 14.0 Å². The topological polar surface area (TPSA) is 64.6 Å². The van der Waals surface area contributed by atoms with Gasteiger partial charge in [0.1, 0.15) is 5.82 Å². The lowest BCUT2D eigenvalue weighted by molar-refractivity contribution is -0.156. The maximum atomic E-state index is 13.4. The van der Waals surface area contributed by atoms with E-state index in [1.54, 1.807) is 0 Å². The van der Waals surface area contributed by atoms with Gasteiger partial charge in [-0.2, -0.15) is 0 Å². The van der Waals surface area contributed by atoms with Crippen molar-refractivity contribution in [1.82, 2.24) is 0 Å². The summed E-state index contributed by atoms with van der Waals surface area (Å²) in [7, 11) is 0. The maximum absolute atomic E-state index is 13.4. The molecule has 0 aliphatic carbocycles. The number of hydrogen-bond donors (Lipinski definition) is 1. The summed E-state index contributed by atoms with van der Waals surface area (Å²) in [6.07, 6.45) is 0.781. The Kier molecular flexibility index (Phi) is 4.92. The number of hydrogen-bond acceptors (Lipinski definition) is 4. The Balaban J connectivity index is 1.81. The molecule has 108 valence electrons. The highest BCUT2D eigenvalue weighted by molar-refractivity contribution is 6.30. The summed E-state index contributed by atoms with van der Waals surface area (Å²) in [4.78, 5) is 23.0. The number of amides is 1. The highest BCUT2D eigenvalue weighted by atomic mass is 35.5. The molecule has 1 atom stereocenters. The van der Waals surface area contributed by atoms with Gasteiger partial charge in [-0.25, -0.2) is 9.18 Å². The van der Waals surface area contributed by atoms with Gasteiger partial charge in [-0.15, -0.1) is 0 Å². The van der Waals surface area contributed by atoms with Crippen LogP contribution in [0.15, 0.2) is 18.2 Å². The monoisotopic (exact) mass is 301 g/mol. The standard InChI is InChI=1S/C13H13ClFNO4/c14-8-3-4-10(9(15)6-8)16-12(17)7-20-13(18)11-2-1-5-19-11/h3-4,6,11H,1-2,5,7H2,(H,16,17)/t11-/m1/s1. The summed E-state index contributed by atoms with van der Waals surface area (Å²) in [5.74, 6) is -1.86. The zero-order valence-corrected chi connectivity index (χ0v) is 11.3. The summed E-state index contributed by atoms with van der Waals surface area (Å²) < 4.78 is 23.3. The Hall–Kier alpha value is -1.66. The molecule has 1 N–H and O–H groups in total. The number of rotatable bonds is 4. The first-order chi connectivity index (χ1) is 9.56. The predicted molar refractivity (Wildman–Crippen MR) is 70.0 cm³/mol. The third-order valence-electron chi connectivity index (χ3n) is 2.74. The lowest BCUT2D eigenvalue weighted by atomic mass is 10.2. The number of halogens is 2. The third-order valence-corrected chi connectivity index (χ3v) is 2.98. The van der Waals surface area contributed by atoms with E-state index >= 15 is 0 Å². The quantitative estimate of drug-likeness (QED) is 0.865. The van der Waals surface area contributed by atoms with Gasteiger partial charge in [-0.1, -0.05) is 11.6 Å². The van der Waals surface area contributed by atoms with Crippen LogP contribution in [0.3, 0.4) is 0 Å². The molecular weight excluding hydrogens is 289 g/mol. The zero-order valence-electron chi connectivity index (χ0n) is 10.5. The first kappa shape index (κ1) is 14.7. The van der Waals surface area contributed by atoms with Crippen molar-refractivity contribution in [2.75, 3.05) is 18.5 Å². The van der Waals surface area contributed by atoms with Crippen molar-refractivity contribution in [1.29, 1.82) is 0 Å². The Morgan fingerprint density at radius 2 is 2.30 bits per heavy atom. The Morgan fingerprint density at radius 3 is 2.95 bits per heavy atom. The molecule has 1 amide bonds. The van der Waals surface area contributed by atoms with Gasteiger partial charge < -0.3 is 14.8 Å². The second-order valence-corrected chi connectivity index (χ2v) is 4.72. The molecule has 1 heterocycles. The molecule has 0 aromatic heterocycles. The number of carbonyl (C=O) groups is 2. The minimum absolute atomic E-state index is 0.0208. The van der Waals surface area contributed by atoms with E-state index in [1.165, 1.54) is 12.1 Å². The van der Waals surface area contributed by atoms with Gasteiger partial charge >= 0.3 is 5.97 Å². The van der Waals surface area contributed by atoms with Crippen LogP contribution in [-0.4, -0.2) is 31.2 Å². The van der Waals surface area contributed by atoms with E-state index in [4.69, 9.17) is 21.1 Å². The average Bonchev–Trinajstić information content (AvgIpc) is 2.93. The second kappa shape index (κ2) is 6.67. The molecule has 0 spiro atoms. The summed E-state index contributed by atoms with van der Waals surface area (Å²) >= 11 is 5.59. The lowest BCUT2D eigenvalue weighted by Crippen LogP contribution is -2.27. The van der Waals surface area contributed by atoms with Crippen molar-refractivity contribution in [3.63, 3.8) is 0 Å². The SMILES string of the molecule is O=C(COC(=O)[C@H]1CCCO1)Nc1ccc(Cl)cc1F. The van der Waals surface area contributed by atoms with Crippen molar-refractivity contribution in [2.24, 2.45) is 0 Å². The smallest absolute Gasteiger partial charge is 0.335 e. The fraction of sp³-hybridized carbons (Fsp3) is 0.385. The third kappa shape index (κ3) is 3.91. The number of esters is 1. The van der Waals surface area contributed by atoms with Crippen molar-refractivity contribution >= 4 is 29.2 Å². The fourth-order valence-electron chi connectivity index (χ4n) is 1.77. The normalized spacial score (nSPS) is 17.8. The van der Waals surface area contributed by atoms with E-state index in [0.29, 0.717) is 13.0 Å². The van der Waals surface area contributed by atoms with Gasteiger partial charge in [-0.05, 0) is 31.0 Å². The first-order valence-corrected chi connectivity index (χ1v) is 6.47. The number of benzene rings is 1. The molecule has 1 aliphatic heterocycles. The van der Waals surface area contributed by atoms with Gasteiger partial charge in [0, 0.05) is 11.6 Å². The van der Waals surface area contributed by atoms with Gasteiger partial charge in [0.15, 0.2) is 12.7 Å². The zero-order chi connectivity index (χ0) is 14.5. The number of carbonyl (C=O) groups excluding carboxylic acids is 2. The molecule has 2 rings (SSSR count). The molecular formula is C13H13ClFNO4. The average molecular weight is 302 g/mol. The Bertz CT molecular complexity index is 517. The summed E-state index contributed by atoms with van der Waals surface area (Å²) in [5, 5.41) is 2.52. The van der Waals surface area contributed by atoms with E-state index in [2.05, 4.69) is 5.32 Å². The molecule has 0 saturated carbocycles. The van der Waals surface area contributed by atoms with Crippen molar-refractivity contribution in [2.45, 2.75) is 18.9 Å². The molecule has 1 fully saturated rings. The number of ether oxygens (including phenoxy) is 2. The minimum Gasteiger partial charge on any atom is -0.454 e. The first-order valence-electron chi connectivity index (χ1n) is 6.09. The van der Waals surface area contributed by atoms with Gasteiger partial charge in [-0.3, -0.25) is 4.79 Å². The molecule has 0 unspecified atom stereocenters. The predicted octanol–water partition coefficient (Wildman–Crippen LogP) is 2.14. The van der Waals surface area contributed by atoms with Crippen LogP contribution in [0, 0.1) is 5.82 Å². The molecule has 1 aromatic carbocycles. The van der Waals surface area contributed by atoms with E-state index in [1.807, 2.05) is 0 Å². The van der Waals surface area contributed by atoms with E-state index in [-0.39, 0.29) is 10.7 Å². The van der Waals surface area contributed by atoms with E-state index < -0.39 is 30.4 Å². The molecule has 7 heteroatoms. The van der Waals surface area contributed by atoms with Crippen LogP contribution >= 0.6 is 11.6 Å². The van der Waals surface area contributed by atoms with Gasteiger partial charge in [0.25, 0.3) is 5.91 Å². The molecule has 1 aliphatic rings. The Labute approximate surface area is 120 Å². The van der Waals surface area contributed by atoms with Crippen LogP contribution in [0.2, 0.25) is 5.02 Å².